The third-order valence-electron chi connectivity index (χ3n) is 4.60. The van der Waals surface area contributed by atoms with Crippen molar-refractivity contribution in [3.8, 4) is 0 Å². The van der Waals surface area contributed by atoms with Crippen molar-refractivity contribution in [2.75, 3.05) is 51.3 Å². The van der Waals surface area contributed by atoms with Crippen molar-refractivity contribution in [2.45, 2.75) is 0 Å². The van der Waals surface area contributed by atoms with Gasteiger partial charge in [-0.2, -0.15) is 0 Å². The van der Waals surface area contributed by atoms with Crippen LogP contribution in [0.4, 0.5) is 5.82 Å². The van der Waals surface area contributed by atoms with Crippen LogP contribution in [0.25, 0.3) is 11.0 Å². The molecular weight excluding hydrogens is 292 g/mol. The number of likely N-dealkylation sites (N-methyl/N-ethyl adjacent to an activating group) is 1. The third-order valence-corrected chi connectivity index (χ3v) is 4.60. The van der Waals surface area contributed by atoms with Gasteiger partial charge in [0.15, 0.2) is 0 Å². The van der Waals surface area contributed by atoms with Crippen LogP contribution in [0.3, 0.4) is 0 Å². The molecule has 0 bridgehead atoms. The maximum atomic E-state index is 9.69. The van der Waals surface area contributed by atoms with Gasteiger partial charge in [0.25, 0.3) is 0 Å². The molecule has 0 aliphatic carbocycles. The van der Waals surface area contributed by atoms with Crippen molar-refractivity contribution in [2.24, 2.45) is 11.8 Å². The zero-order valence-corrected chi connectivity index (χ0v) is 13.5. The summed E-state index contributed by atoms with van der Waals surface area (Å²) in [6.45, 7) is 3.50. The lowest BCUT2D eigenvalue weighted by Gasteiger charge is -2.23. The highest BCUT2D eigenvalue weighted by atomic mass is 16.3. The first-order valence-corrected chi connectivity index (χ1v) is 8.08. The van der Waals surface area contributed by atoms with Crippen LogP contribution < -0.4 is 4.90 Å². The molecule has 2 aromatic rings. The minimum atomic E-state index is 0.160. The van der Waals surface area contributed by atoms with Crippen LogP contribution in [0.15, 0.2) is 30.5 Å². The molecule has 0 radical (unpaired) electrons. The minimum absolute atomic E-state index is 0.160. The molecule has 6 nitrogen and oxygen atoms in total. The van der Waals surface area contributed by atoms with E-state index < -0.39 is 0 Å². The Bertz CT molecular complexity index is 651. The second-order valence-corrected chi connectivity index (χ2v) is 6.31. The van der Waals surface area contributed by atoms with E-state index in [1.807, 2.05) is 37.5 Å². The van der Waals surface area contributed by atoms with Crippen molar-refractivity contribution < 1.29 is 10.2 Å². The molecule has 1 aliphatic heterocycles. The smallest absolute Gasteiger partial charge is 0.147 e. The Morgan fingerprint density at radius 3 is 2.65 bits per heavy atom. The number of rotatable bonds is 6. The average Bonchev–Trinajstić information content (AvgIpc) is 2.97. The Balaban J connectivity index is 1.74. The fraction of sp³-hybridized carbons (Fsp3) is 0.529. The largest absolute Gasteiger partial charge is 0.396 e. The van der Waals surface area contributed by atoms with Gasteiger partial charge in [0.2, 0.25) is 0 Å². The van der Waals surface area contributed by atoms with E-state index in [1.54, 1.807) is 0 Å². The molecule has 3 rings (SSSR count). The summed E-state index contributed by atoms with van der Waals surface area (Å²) in [4.78, 5) is 13.5. The Kier molecular flexibility index (Phi) is 5.05. The number of benzene rings is 1. The fourth-order valence-electron chi connectivity index (χ4n) is 3.30. The lowest BCUT2D eigenvalue weighted by molar-refractivity contribution is 0.160. The Morgan fingerprint density at radius 2 is 1.91 bits per heavy atom. The van der Waals surface area contributed by atoms with Gasteiger partial charge < -0.3 is 20.0 Å². The first kappa shape index (κ1) is 16.1. The molecule has 124 valence electrons. The number of aliphatic hydroxyl groups excluding tert-OH is 2. The molecule has 2 heterocycles. The first-order valence-electron chi connectivity index (χ1n) is 8.08. The average molecular weight is 316 g/mol. The highest BCUT2D eigenvalue weighted by Gasteiger charge is 2.33. The minimum Gasteiger partial charge on any atom is -0.396 e. The number of aromatic nitrogens is 2. The van der Waals surface area contributed by atoms with E-state index in [1.165, 1.54) is 0 Å². The molecule has 23 heavy (non-hydrogen) atoms. The SMILES string of the molecule is CN(CCO)C[C@@H]1CN(c2cnc3ccccc3n2)C[C@@H]1CO. The summed E-state index contributed by atoms with van der Waals surface area (Å²) in [5.74, 6) is 1.46. The molecule has 1 aromatic carbocycles. The van der Waals surface area contributed by atoms with Gasteiger partial charge in [-0.1, -0.05) is 12.1 Å². The molecule has 1 fully saturated rings. The van der Waals surface area contributed by atoms with E-state index in [0.29, 0.717) is 12.5 Å². The van der Waals surface area contributed by atoms with Gasteiger partial charge in [0.1, 0.15) is 5.82 Å². The Labute approximate surface area is 136 Å². The number of para-hydroxylation sites is 2. The molecule has 0 amide bonds. The predicted octanol–water partition coefficient (Wildman–Crippen LogP) is 0.599. The second kappa shape index (κ2) is 7.21. The standard InChI is InChI=1S/C17H24N4O2/c1-20(6-7-22)9-13-10-21(11-14(13)12-23)17-8-18-15-4-2-3-5-16(15)19-17/h2-5,8,13-14,22-23H,6-7,9-12H2,1H3/t13-,14-/m1/s1. The van der Waals surface area contributed by atoms with Crippen molar-refractivity contribution in [3.63, 3.8) is 0 Å². The summed E-state index contributed by atoms with van der Waals surface area (Å²) in [6, 6.07) is 7.85. The van der Waals surface area contributed by atoms with Crippen LogP contribution in [-0.4, -0.2) is 71.5 Å². The number of aliphatic hydroxyl groups is 2. The molecule has 1 aromatic heterocycles. The zero-order valence-electron chi connectivity index (χ0n) is 13.5. The van der Waals surface area contributed by atoms with E-state index in [9.17, 15) is 5.11 Å². The van der Waals surface area contributed by atoms with Gasteiger partial charge in [-0.15, -0.1) is 0 Å². The van der Waals surface area contributed by atoms with Crippen LogP contribution in [0.1, 0.15) is 0 Å². The molecule has 0 saturated carbocycles. The van der Waals surface area contributed by atoms with Gasteiger partial charge in [-0.05, 0) is 25.1 Å². The van der Waals surface area contributed by atoms with Crippen LogP contribution in [0.2, 0.25) is 0 Å². The fourth-order valence-corrected chi connectivity index (χ4v) is 3.30. The maximum absolute atomic E-state index is 9.69. The highest BCUT2D eigenvalue weighted by molar-refractivity contribution is 5.75. The van der Waals surface area contributed by atoms with Gasteiger partial charge in [-0.3, -0.25) is 4.98 Å². The lowest BCUT2D eigenvalue weighted by Crippen LogP contribution is -2.33. The van der Waals surface area contributed by atoms with Crippen molar-refractivity contribution >= 4 is 16.9 Å². The summed E-state index contributed by atoms with van der Waals surface area (Å²) >= 11 is 0. The molecule has 2 N–H and O–H groups in total. The highest BCUT2D eigenvalue weighted by Crippen LogP contribution is 2.28. The second-order valence-electron chi connectivity index (χ2n) is 6.31. The Morgan fingerprint density at radius 1 is 1.17 bits per heavy atom. The molecular formula is C17H24N4O2. The van der Waals surface area contributed by atoms with Gasteiger partial charge >= 0.3 is 0 Å². The molecule has 2 atom stereocenters. The first-order chi connectivity index (χ1) is 11.2. The molecule has 0 unspecified atom stereocenters. The number of anilines is 1. The molecule has 0 spiro atoms. The van der Waals surface area contributed by atoms with Gasteiger partial charge in [0.05, 0.1) is 23.8 Å². The maximum Gasteiger partial charge on any atom is 0.147 e. The lowest BCUT2D eigenvalue weighted by atomic mass is 9.96. The summed E-state index contributed by atoms with van der Waals surface area (Å²) in [7, 11) is 2.00. The third kappa shape index (κ3) is 3.60. The summed E-state index contributed by atoms with van der Waals surface area (Å²) in [6.07, 6.45) is 1.82. The van der Waals surface area contributed by atoms with Crippen LogP contribution in [0, 0.1) is 11.8 Å². The van der Waals surface area contributed by atoms with Crippen LogP contribution in [0.5, 0.6) is 0 Å². The summed E-state index contributed by atoms with van der Waals surface area (Å²) < 4.78 is 0. The van der Waals surface area contributed by atoms with Crippen molar-refractivity contribution in [1.82, 2.24) is 14.9 Å². The number of fused-ring (bicyclic) bond motifs is 1. The number of hydrogen-bond donors (Lipinski definition) is 2. The van der Waals surface area contributed by atoms with Gasteiger partial charge in [0, 0.05) is 38.7 Å². The van der Waals surface area contributed by atoms with Crippen LogP contribution in [-0.2, 0) is 0 Å². The van der Waals surface area contributed by atoms with E-state index in [2.05, 4.69) is 14.8 Å². The number of hydrogen-bond acceptors (Lipinski definition) is 6. The monoisotopic (exact) mass is 316 g/mol. The Hall–Kier alpha value is -1.76. The predicted molar refractivity (Wildman–Crippen MR) is 90.4 cm³/mol. The molecule has 6 heteroatoms. The van der Waals surface area contributed by atoms with Crippen LogP contribution >= 0.6 is 0 Å². The van der Waals surface area contributed by atoms with E-state index in [4.69, 9.17) is 10.1 Å². The normalized spacial score (nSPS) is 21.5. The quantitative estimate of drug-likeness (QED) is 0.813. The topological polar surface area (TPSA) is 72.7 Å². The van der Waals surface area contributed by atoms with Gasteiger partial charge in [-0.25, -0.2) is 4.98 Å². The van der Waals surface area contributed by atoms with E-state index >= 15 is 0 Å². The summed E-state index contributed by atoms with van der Waals surface area (Å²) in [5.41, 5.74) is 1.79. The molecule has 1 aliphatic rings. The van der Waals surface area contributed by atoms with E-state index in [0.717, 1.165) is 36.5 Å². The molecule has 1 saturated heterocycles. The summed E-state index contributed by atoms with van der Waals surface area (Å²) in [5, 5.41) is 18.7. The van der Waals surface area contributed by atoms with Crippen molar-refractivity contribution in [1.29, 1.82) is 0 Å². The number of nitrogens with zero attached hydrogens (tertiary/aromatic N) is 4. The van der Waals surface area contributed by atoms with Crippen molar-refractivity contribution in [3.05, 3.63) is 30.5 Å². The zero-order chi connectivity index (χ0) is 16.2. The van der Waals surface area contributed by atoms with E-state index in [-0.39, 0.29) is 19.1 Å².